The van der Waals surface area contributed by atoms with Crippen molar-refractivity contribution in [2.75, 3.05) is 11.2 Å². The summed E-state index contributed by atoms with van der Waals surface area (Å²) in [5.41, 5.74) is 9.26. The van der Waals surface area contributed by atoms with Gasteiger partial charge in [0.25, 0.3) is 0 Å². The van der Waals surface area contributed by atoms with E-state index < -0.39 is 5.95 Å². The van der Waals surface area contributed by atoms with Crippen LogP contribution >= 0.6 is 0 Å². The van der Waals surface area contributed by atoms with Gasteiger partial charge in [0, 0.05) is 11.8 Å². The summed E-state index contributed by atoms with van der Waals surface area (Å²) < 4.78 is 12.6. The predicted molar refractivity (Wildman–Crippen MR) is 61.3 cm³/mol. The molecule has 0 unspecified atom stereocenters. The molecule has 0 saturated heterocycles. The lowest BCUT2D eigenvalue weighted by molar-refractivity contribution is 0.584. The molecule has 2 aromatic heterocycles. The van der Waals surface area contributed by atoms with Crippen molar-refractivity contribution in [1.82, 2.24) is 9.97 Å². The molecule has 0 saturated carbocycles. The van der Waals surface area contributed by atoms with Crippen molar-refractivity contribution in [2.24, 2.45) is 5.29 Å². The molecular formula is C10H8FN5O. The lowest BCUT2D eigenvalue weighted by atomic mass is 10.2. The quantitative estimate of drug-likeness (QED) is 0.480. The van der Waals surface area contributed by atoms with Crippen LogP contribution in [0.15, 0.2) is 35.7 Å². The third kappa shape index (κ3) is 2.33. The van der Waals surface area contributed by atoms with Crippen LogP contribution in [0.5, 0.6) is 0 Å². The number of nitroso groups, excluding NO2 is 1. The third-order valence-electron chi connectivity index (χ3n) is 2.11. The first-order valence-corrected chi connectivity index (χ1v) is 4.67. The largest absolute Gasteiger partial charge is 0.382 e. The minimum Gasteiger partial charge on any atom is -0.382 e. The van der Waals surface area contributed by atoms with Gasteiger partial charge in [-0.1, -0.05) is 0 Å². The highest BCUT2D eigenvalue weighted by molar-refractivity contribution is 5.68. The van der Waals surface area contributed by atoms with E-state index >= 15 is 0 Å². The average Bonchev–Trinajstić information content (AvgIpc) is 2.33. The number of nitrogens with zero attached hydrogens (tertiary/aromatic N) is 3. The van der Waals surface area contributed by atoms with Gasteiger partial charge in [0.1, 0.15) is 11.5 Å². The van der Waals surface area contributed by atoms with E-state index in [9.17, 15) is 9.30 Å². The van der Waals surface area contributed by atoms with Gasteiger partial charge >= 0.3 is 0 Å². The maximum atomic E-state index is 12.6. The summed E-state index contributed by atoms with van der Waals surface area (Å²) in [7, 11) is 0. The number of nitrogen functional groups attached to an aromatic ring is 1. The fraction of sp³-hybridized carbons (Fsp3) is 0. The molecule has 0 amide bonds. The first kappa shape index (κ1) is 10.9. The number of hydrogen-bond acceptors (Lipinski definition) is 5. The molecule has 86 valence electrons. The summed E-state index contributed by atoms with van der Waals surface area (Å²) in [6.45, 7) is 0. The highest BCUT2D eigenvalue weighted by atomic mass is 19.1. The molecule has 0 fully saturated rings. The highest BCUT2D eigenvalue weighted by Gasteiger charge is 2.05. The van der Waals surface area contributed by atoms with Crippen molar-refractivity contribution in [2.45, 2.75) is 0 Å². The Bertz CT molecular complexity index is 543. The van der Waals surface area contributed by atoms with Gasteiger partial charge in [0.05, 0.1) is 11.0 Å². The number of nitrogens with one attached hydrogen (secondary N) is 1. The normalized spacial score (nSPS) is 9.94. The van der Waals surface area contributed by atoms with Crippen molar-refractivity contribution >= 4 is 11.5 Å². The van der Waals surface area contributed by atoms with Crippen molar-refractivity contribution < 1.29 is 4.39 Å². The lowest BCUT2D eigenvalue weighted by Gasteiger charge is -2.05. The first-order valence-electron chi connectivity index (χ1n) is 4.67. The smallest absolute Gasteiger partial charge is 0.212 e. The number of anilines is 2. The summed E-state index contributed by atoms with van der Waals surface area (Å²) in [6.07, 6.45) is 1.35. The maximum Gasteiger partial charge on any atom is 0.212 e. The van der Waals surface area contributed by atoms with Gasteiger partial charge in [-0.25, -0.2) is 15.4 Å². The Hall–Kier alpha value is -2.57. The van der Waals surface area contributed by atoms with Crippen LogP contribution < -0.4 is 11.2 Å². The molecule has 0 aromatic carbocycles. The molecule has 2 rings (SSSR count). The second kappa shape index (κ2) is 4.52. The molecule has 3 N–H and O–H groups in total. The molecular weight excluding hydrogens is 225 g/mol. The van der Waals surface area contributed by atoms with Gasteiger partial charge in [-0.15, -0.1) is 4.91 Å². The van der Waals surface area contributed by atoms with E-state index in [1.807, 2.05) is 0 Å². The Kier molecular flexibility index (Phi) is 2.91. The summed E-state index contributed by atoms with van der Waals surface area (Å²) >= 11 is 0. The van der Waals surface area contributed by atoms with E-state index in [2.05, 4.69) is 20.7 Å². The van der Waals surface area contributed by atoms with Crippen molar-refractivity contribution in [3.8, 4) is 11.3 Å². The molecule has 0 radical (unpaired) electrons. The molecule has 0 aliphatic rings. The number of pyridine rings is 2. The van der Waals surface area contributed by atoms with Gasteiger partial charge in [0.2, 0.25) is 5.95 Å². The van der Waals surface area contributed by atoms with E-state index in [4.69, 9.17) is 5.73 Å². The number of rotatable bonds is 3. The van der Waals surface area contributed by atoms with Crippen molar-refractivity contribution in [3.63, 3.8) is 0 Å². The first-order chi connectivity index (χ1) is 8.20. The molecule has 7 heteroatoms. The van der Waals surface area contributed by atoms with Crippen LogP contribution in [0.1, 0.15) is 0 Å². The third-order valence-corrected chi connectivity index (χ3v) is 2.11. The van der Waals surface area contributed by atoms with Crippen molar-refractivity contribution in [1.29, 1.82) is 0 Å². The molecule has 2 aromatic rings. The van der Waals surface area contributed by atoms with Crippen LogP contribution in [0, 0.1) is 10.9 Å². The number of aromatic nitrogens is 2. The van der Waals surface area contributed by atoms with Crippen LogP contribution in [-0.2, 0) is 0 Å². The molecule has 0 atom stereocenters. The summed E-state index contributed by atoms with van der Waals surface area (Å²) in [6, 6.07) is 5.95. The zero-order valence-corrected chi connectivity index (χ0v) is 8.59. The Labute approximate surface area is 95.6 Å². The molecule has 2 heterocycles. The average molecular weight is 233 g/mol. The molecule has 6 nitrogen and oxygen atoms in total. The van der Waals surface area contributed by atoms with Gasteiger partial charge < -0.3 is 5.73 Å². The van der Waals surface area contributed by atoms with Crippen LogP contribution in [0.25, 0.3) is 11.3 Å². The van der Waals surface area contributed by atoms with Crippen molar-refractivity contribution in [3.05, 3.63) is 41.3 Å². The van der Waals surface area contributed by atoms with Crippen LogP contribution in [-0.4, -0.2) is 9.97 Å². The SMILES string of the molecule is Nc1nc(-c2ccc(F)nc2)ccc1NN=O. The lowest BCUT2D eigenvalue weighted by Crippen LogP contribution is -1.98. The fourth-order valence-electron chi connectivity index (χ4n) is 1.31. The van der Waals surface area contributed by atoms with Gasteiger partial charge in [-0.05, 0) is 24.3 Å². The molecule has 0 spiro atoms. The van der Waals surface area contributed by atoms with E-state index in [-0.39, 0.29) is 5.82 Å². The predicted octanol–water partition coefficient (Wildman–Crippen LogP) is 1.96. The Morgan fingerprint density at radius 1 is 1.29 bits per heavy atom. The number of nitrogens with two attached hydrogens (primary N) is 1. The Balaban J connectivity index is 2.37. The van der Waals surface area contributed by atoms with E-state index in [1.165, 1.54) is 18.3 Å². The van der Waals surface area contributed by atoms with Crippen LogP contribution in [0.3, 0.4) is 0 Å². The topological polar surface area (TPSA) is 93.3 Å². The zero-order valence-electron chi connectivity index (χ0n) is 8.59. The molecule has 0 aliphatic carbocycles. The van der Waals surface area contributed by atoms with E-state index in [0.717, 1.165) is 0 Å². The Morgan fingerprint density at radius 2 is 2.12 bits per heavy atom. The standard InChI is InChI=1S/C10H8FN5O/c11-9-4-1-6(5-13-9)7-2-3-8(15-16-17)10(12)14-7/h1-5H,(H2,12,14)(H,15,17). The minimum absolute atomic E-state index is 0.131. The van der Waals surface area contributed by atoms with Crippen LogP contribution in [0.4, 0.5) is 15.9 Å². The molecule has 17 heavy (non-hydrogen) atoms. The Morgan fingerprint density at radius 3 is 2.71 bits per heavy atom. The summed E-state index contributed by atoms with van der Waals surface area (Å²) in [5.74, 6) is -0.434. The van der Waals surface area contributed by atoms with Gasteiger partial charge in [-0.2, -0.15) is 4.39 Å². The summed E-state index contributed by atoms with van der Waals surface area (Å²) in [5, 5.41) is 2.50. The van der Waals surface area contributed by atoms with Crippen LogP contribution in [0.2, 0.25) is 0 Å². The highest BCUT2D eigenvalue weighted by Crippen LogP contribution is 2.22. The maximum absolute atomic E-state index is 12.6. The molecule has 0 bridgehead atoms. The zero-order chi connectivity index (χ0) is 12.3. The monoisotopic (exact) mass is 233 g/mol. The van der Waals surface area contributed by atoms with E-state index in [0.29, 0.717) is 16.9 Å². The van der Waals surface area contributed by atoms with E-state index in [1.54, 1.807) is 12.1 Å². The number of halogens is 1. The molecule has 0 aliphatic heterocycles. The second-order valence-electron chi connectivity index (χ2n) is 3.20. The minimum atomic E-state index is -0.565. The second-order valence-corrected chi connectivity index (χ2v) is 3.20. The number of hydrogen-bond donors (Lipinski definition) is 2. The van der Waals surface area contributed by atoms with Gasteiger partial charge in [-0.3, -0.25) is 0 Å². The summed E-state index contributed by atoms with van der Waals surface area (Å²) in [4.78, 5) is 17.6. The van der Waals surface area contributed by atoms with Gasteiger partial charge in [0.15, 0.2) is 0 Å². The fourth-order valence-corrected chi connectivity index (χ4v) is 1.31.